The van der Waals surface area contributed by atoms with Crippen LogP contribution in [0.2, 0.25) is 5.02 Å². The van der Waals surface area contributed by atoms with Crippen LogP contribution in [0.1, 0.15) is 41.8 Å². The largest absolute Gasteiger partial charge is 0.265 e. The molecule has 0 aliphatic carbocycles. The van der Waals surface area contributed by atoms with Crippen LogP contribution in [-0.2, 0) is 6.54 Å². The topological polar surface area (TPSA) is 41.6 Å². The first-order chi connectivity index (χ1) is 13.4. The maximum atomic E-state index is 9.06. The normalized spacial score (nSPS) is 10.5. The van der Waals surface area contributed by atoms with Crippen LogP contribution in [-0.4, -0.2) is 9.78 Å². The number of aromatic nitrogens is 2. The fourth-order valence-corrected chi connectivity index (χ4v) is 3.13. The minimum Gasteiger partial charge on any atom is -0.265 e. The Morgan fingerprint density at radius 3 is 2.43 bits per heavy atom. The Balaban J connectivity index is 1.87. The minimum atomic E-state index is 0.364. The van der Waals surface area contributed by atoms with E-state index in [1.807, 2.05) is 10.7 Å². The second kappa shape index (κ2) is 8.34. The van der Waals surface area contributed by atoms with Crippen LogP contribution in [0.5, 0.6) is 0 Å². The second-order valence-corrected chi connectivity index (χ2v) is 7.55. The van der Waals surface area contributed by atoms with Crippen LogP contribution < -0.4 is 0 Å². The van der Waals surface area contributed by atoms with Gasteiger partial charge in [0.05, 0.1) is 22.8 Å². The van der Waals surface area contributed by atoms with Crippen molar-refractivity contribution >= 4 is 11.6 Å². The highest BCUT2D eigenvalue weighted by Gasteiger charge is 2.14. The van der Waals surface area contributed by atoms with Gasteiger partial charge >= 0.3 is 0 Å². The average molecular weight is 388 g/mol. The van der Waals surface area contributed by atoms with E-state index in [0.717, 1.165) is 28.1 Å². The van der Waals surface area contributed by atoms with Crippen LogP contribution in [0.4, 0.5) is 0 Å². The maximum Gasteiger partial charge on any atom is 0.101 e. The van der Waals surface area contributed by atoms with Crippen molar-refractivity contribution in [2.45, 2.75) is 34.2 Å². The number of nitrogens with zero attached hydrogens (tertiary/aromatic N) is 3. The van der Waals surface area contributed by atoms with E-state index >= 15 is 0 Å². The van der Waals surface area contributed by atoms with Crippen LogP contribution >= 0.6 is 11.6 Å². The summed E-state index contributed by atoms with van der Waals surface area (Å²) < 4.78 is 2.01. The zero-order valence-corrected chi connectivity index (χ0v) is 17.3. The Morgan fingerprint density at radius 1 is 1.11 bits per heavy atom. The number of hydrogen-bond donors (Lipinski definition) is 0. The molecular weight excluding hydrogens is 366 g/mol. The summed E-state index contributed by atoms with van der Waals surface area (Å²) in [6.45, 7) is 8.99. The van der Waals surface area contributed by atoms with E-state index in [1.54, 1.807) is 12.1 Å². The zero-order chi connectivity index (χ0) is 20.3. The second-order valence-electron chi connectivity index (χ2n) is 7.14. The van der Waals surface area contributed by atoms with E-state index in [1.165, 1.54) is 5.56 Å². The lowest BCUT2D eigenvalue weighted by Crippen LogP contribution is -2.04. The summed E-state index contributed by atoms with van der Waals surface area (Å²) >= 11 is 6.20. The van der Waals surface area contributed by atoms with E-state index in [-0.39, 0.29) is 0 Å². The Kier molecular flexibility index (Phi) is 5.88. The molecule has 1 heterocycles. The molecule has 3 rings (SSSR count). The summed E-state index contributed by atoms with van der Waals surface area (Å²) in [4.78, 5) is 0. The van der Waals surface area contributed by atoms with Crippen molar-refractivity contribution in [1.82, 2.24) is 9.78 Å². The third-order valence-electron chi connectivity index (χ3n) is 4.66. The molecule has 0 aliphatic rings. The van der Waals surface area contributed by atoms with E-state index in [0.29, 0.717) is 23.0 Å². The van der Waals surface area contributed by atoms with Crippen LogP contribution in [0.25, 0.3) is 11.3 Å². The van der Waals surface area contributed by atoms with Crippen molar-refractivity contribution in [3.8, 4) is 29.2 Å². The summed E-state index contributed by atoms with van der Waals surface area (Å²) in [5.41, 5.74) is 6.70. The van der Waals surface area contributed by atoms with E-state index in [9.17, 15) is 0 Å². The van der Waals surface area contributed by atoms with Gasteiger partial charge in [0.1, 0.15) is 6.07 Å². The number of hydrogen-bond acceptors (Lipinski definition) is 2. The first-order valence-corrected chi connectivity index (χ1v) is 9.61. The first-order valence-electron chi connectivity index (χ1n) is 9.23. The van der Waals surface area contributed by atoms with Gasteiger partial charge in [-0.15, -0.1) is 0 Å². The van der Waals surface area contributed by atoms with Gasteiger partial charge in [0.2, 0.25) is 0 Å². The Bertz CT molecular complexity index is 1100. The number of benzene rings is 2. The Labute approximate surface area is 171 Å². The van der Waals surface area contributed by atoms with E-state index in [4.69, 9.17) is 22.0 Å². The number of nitriles is 1. The SMILES string of the molecule is Cc1c(-c2ccc(C#N)c(Cl)c2)nn(Cc2ccc(C#CC(C)C)cc2)c1C. The molecule has 28 heavy (non-hydrogen) atoms. The number of rotatable bonds is 3. The van der Waals surface area contributed by atoms with Crippen LogP contribution in [0.3, 0.4) is 0 Å². The van der Waals surface area contributed by atoms with Gasteiger partial charge in [-0.05, 0) is 49.2 Å². The van der Waals surface area contributed by atoms with Crippen LogP contribution in [0.15, 0.2) is 42.5 Å². The zero-order valence-electron chi connectivity index (χ0n) is 16.5. The average Bonchev–Trinajstić information content (AvgIpc) is 2.96. The van der Waals surface area contributed by atoms with Crippen molar-refractivity contribution in [2.75, 3.05) is 0 Å². The predicted octanol–water partition coefficient (Wildman–Crippen LogP) is 5.75. The maximum absolute atomic E-state index is 9.06. The summed E-state index contributed by atoms with van der Waals surface area (Å²) in [6.07, 6.45) is 0. The molecule has 0 unspecified atom stereocenters. The fraction of sp³-hybridized carbons (Fsp3) is 0.250. The summed E-state index contributed by atoms with van der Waals surface area (Å²) in [5.74, 6) is 6.74. The van der Waals surface area contributed by atoms with Crippen molar-refractivity contribution in [2.24, 2.45) is 5.92 Å². The van der Waals surface area contributed by atoms with E-state index < -0.39 is 0 Å². The summed E-state index contributed by atoms with van der Waals surface area (Å²) in [5, 5.41) is 14.3. The molecule has 0 bridgehead atoms. The molecule has 0 spiro atoms. The molecule has 0 atom stereocenters. The molecule has 140 valence electrons. The van der Waals surface area contributed by atoms with Gasteiger partial charge in [-0.3, -0.25) is 4.68 Å². The molecule has 2 aromatic carbocycles. The highest BCUT2D eigenvalue weighted by atomic mass is 35.5. The molecule has 0 aliphatic heterocycles. The van der Waals surface area contributed by atoms with Crippen LogP contribution in [0, 0.1) is 42.9 Å². The van der Waals surface area contributed by atoms with Gasteiger partial charge in [-0.1, -0.05) is 55.5 Å². The predicted molar refractivity (Wildman–Crippen MR) is 114 cm³/mol. The first kappa shape index (κ1) is 19.7. The molecule has 0 radical (unpaired) electrons. The lowest BCUT2D eigenvalue weighted by atomic mass is 10.1. The Morgan fingerprint density at radius 2 is 1.82 bits per heavy atom. The van der Waals surface area contributed by atoms with Gasteiger partial charge in [-0.25, -0.2) is 0 Å². The fourth-order valence-electron chi connectivity index (χ4n) is 2.91. The smallest absolute Gasteiger partial charge is 0.101 e. The third kappa shape index (κ3) is 4.28. The molecule has 4 heteroatoms. The quantitative estimate of drug-likeness (QED) is 0.537. The van der Waals surface area contributed by atoms with Crippen molar-refractivity contribution < 1.29 is 0 Å². The highest BCUT2D eigenvalue weighted by Crippen LogP contribution is 2.28. The van der Waals surface area contributed by atoms with Gasteiger partial charge < -0.3 is 0 Å². The molecule has 3 aromatic rings. The van der Waals surface area contributed by atoms with Gasteiger partial charge in [0, 0.05) is 22.7 Å². The highest BCUT2D eigenvalue weighted by molar-refractivity contribution is 6.32. The molecule has 0 N–H and O–H groups in total. The molecule has 0 amide bonds. The minimum absolute atomic E-state index is 0.364. The van der Waals surface area contributed by atoms with Gasteiger partial charge in [-0.2, -0.15) is 10.4 Å². The summed E-state index contributed by atoms with van der Waals surface area (Å²) in [6, 6.07) is 15.8. The number of halogens is 1. The molecule has 1 aromatic heterocycles. The van der Waals surface area contributed by atoms with Gasteiger partial charge in [0.15, 0.2) is 0 Å². The third-order valence-corrected chi connectivity index (χ3v) is 4.97. The summed E-state index contributed by atoms with van der Waals surface area (Å²) in [7, 11) is 0. The van der Waals surface area contributed by atoms with Crippen molar-refractivity contribution in [3.63, 3.8) is 0 Å². The van der Waals surface area contributed by atoms with Crippen molar-refractivity contribution in [1.29, 1.82) is 5.26 Å². The lowest BCUT2D eigenvalue weighted by molar-refractivity contribution is 0.666. The molecule has 3 nitrogen and oxygen atoms in total. The van der Waals surface area contributed by atoms with Gasteiger partial charge in [0.25, 0.3) is 0 Å². The standard InChI is InChI=1S/C24H22ClN3/c1-16(2)5-6-19-7-9-20(10-8-19)15-28-18(4)17(3)24(27-28)21-11-12-22(14-26)23(25)13-21/h7-13,16H,15H2,1-4H3. The Hall–Kier alpha value is -3.01. The van der Waals surface area contributed by atoms with E-state index in [2.05, 4.69) is 69.9 Å². The molecular formula is C24H22ClN3. The lowest BCUT2D eigenvalue weighted by Gasteiger charge is -2.05. The monoisotopic (exact) mass is 387 g/mol. The molecule has 0 saturated heterocycles. The molecule has 0 fully saturated rings. The van der Waals surface area contributed by atoms with Crippen molar-refractivity contribution in [3.05, 3.63) is 75.4 Å². The molecule has 0 saturated carbocycles.